The maximum absolute atomic E-state index is 12.8. The van der Waals surface area contributed by atoms with Crippen LogP contribution < -0.4 is 19.5 Å². The Hall–Kier alpha value is -1.95. The van der Waals surface area contributed by atoms with E-state index in [4.69, 9.17) is 14.2 Å². The van der Waals surface area contributed by atoms with E-state index in [0.29, 0.717) is 42.6 Å². The summed E-state index contributed by atoms with van der Waals surface area (Å²) in [5, 5.41) is 3.17. The third-order valence-electron chi connectivity index (χ3n) is 4.63. The van der Waals surface area contributed by atoms with Crippen molar-refractivity contribution in [2.75, 3.05) is 39.5 Å². The third-order valence-corrected chi connectivity index (χ3v) is 4.63. The molecular weight excluding hydrogens is 344 g/mol. The van der Waals surface area contributed by atoms with Crippen LogP contribution in [-0.4, -0.2) is 56.3 Å². The van der Waals surface area contributed by atoms with E-state index < -0.39 is 0 Å². The van der Waals surface area contributed by atoms with Crippen LogP contribution in [0.3, 0.4) is 0 Å². The van der Waals surface area contributed by atoms with Gasteiger partial charge >= 0.3 is 0 Å². The van der Waals surface area contributed by atoms with Crippen LogP contribution in [0, 0.1) is 0 Å². The van der Waals surface area contributed by atoms with Crippen molar-refractivity contribution >= 4 is 5.91 Å². The van der Waals surface area contributed by atoms with Crippen molar-refractivity contribution in [1.29, 1.82) is 0 Å². The number of piperidine rings is 1. The maximum Gasteiger partial charge on any atom is 0.251 e. The van der Waals surface area contributed by atoms with E-state index in [1.165, 1.54) is 6.42 Å². The molecule has 0 saturated carbocycles. The third kappa shape index (κ3) is 6.03. The van der Waals surface area contributed by atoms with Gasteiger partial charge in [-0.3, -0.25) is 4.79 Å². The molecule has 1 aliphatic rings. The lowest BCUT2D eigenvalue weighted by atomic mass is 10.0. The largest absolute Gasteiger partial charge is 0.490 e. The second-order valence-electron chi connectivity index (χ2n) is 6.69. The molecule has 1 heterocycles. The average molecular weight is 379 g/mol. The number of amides is 1. The van der Waals surface area contributed by atoms with E-state index in [1.54, 1.807) is 12.1 Å². The Labute approximate surface area is 163 Å². The first-order chi connectivity index (χ1) is 13.1. The number of hydrogen-bond donors (Lipinski definition) is 1. The van der Waals surface area contributed by atoms with E-state index in [1.807, 2.05) is 20.8 Å². The van der Waals surface area contributed by atoms with Crippen LogP contribution in [0.5, 0.6) is 17.2 Å². The topological polar surface area (TPSA) is 60.0 Å². The summed E-state index contributed by atoms with van der Waals surface area (Å²) in [7, 11) is 0. The normalized spacial score (nSPS) is 15.4. The van der Waals surface area contributed by atoms with E-state index >= 15 is 0 Å². The van der Waals surface area contributed by atoms with Gasteiger partial charge in [-0.1, -0.05) is 6.92 Å². The van der Waals surface area contributed by atoms with Crippen molar-refractivity contribution in [2.45, 2.75) is 53.0 Å². The maximum atomic E-state index is 12.8. The highest BCUT2D eigenvalue weighted by Gasteiger charge is 2.23. The van der Waals surface area contributed by atoms with Gasteiger partial charge in [-0.05, 0) is 58.7 Å². The molecule has 0 aliphatic carbocycles. The first-order valence-corrected chi connectivity index (χ1v) is 10.2. The molecule has 0 spiro atoms. The zero-order chi connectivity index (χ0) is 19.6. The Morgan fingerprint density at radius 3 is 2.04 bits per heavy atom. The molecule has 27 heavy (non-hydrogen) atoms. The van der Waals surface area contributed by atoms with E-state index in [9.17, 15) is 4.79 Å². The van der Waals surface area contributed by atoms with Crippen molar-refractivity contribution in [3.8, 4) is 17.2 Å². The average Bonchev–Trinajstić information content (AvgIpc) is 2.66. The van der Waals surface area contributed by atoms with Crippen LogP contribution in [0.2, 0.25) is 0 Å². The van der Waals surface area contributed by atoms with Gasteiger partial charge < -0.3 is 24.4 Å². The van der Waals surface area contributed by atoms with Gasteiger partial charge in [0.15, 0.2) is 11.5 Å². The molecular formula is C21H34N2O4. The Balaban J connectivity index is 2.12. The minimum absolute atomic E-state index is 0.0890. The highest BCUT2D eigenvalue weighted by atomic mass is 16.5. The van der Waals surface area contributed by atoms with E-state index in [2.05, 4.69) is 17.1 Å². The fraction of sp³-hybridized carbons (Fsp3) is 0.667. The molecule has 1 aromatic rings. The number of carbonyl (C=O) groups excluding carboxylic acids is 1. The highest BCUT2D eigenvalue weighted by molar-refractivity contribution is 5.95. The summed E-state index contributed by atoms with van der Waals surface area (Å²) >= 11 is 0. The van der Waals surface area contributed by atoms with Crippen LogP contribution in [0.1, 0.15) is 57.3 Å². The van der Waals surface area contributed by atoms with Crippen molar-refractivity contribution in [3.05, 3.63) is 17.7 Å². The first kappa shape index (κ1) is 21.4. The molecule has 0 radical (unpaired) electrons. The van der Waals surface area contributed by atoms with Gasteiger partial charge in [0, 0.05) is 24.7 Å². The zero-order valence-corrected chi connectivity index (χ0v) is 17.2. The van der Waals surface area contributed by atoms with Crippen LogP contribution >= 0.6 is 0 Å². The molecule has 0 unspecified atom stereocenters. The standard InChI is InChI=1S/C21H34N2O4/c1-5-11-23-12-9-17(10-13-23)22-21(24)16-14-18(25-6-2)20(27-8-4)19(15-16)26-7-3/h14-15,17H,5-13H2,1-4H3,(H,22,24). The lowest BCUT2D eigenvalue weighted by Crippen LogP contribution is -2.44. The summed E-state index contributed by atoms with van der Waals surface area (Å²) in [6.45, 7) is 12.6. The summed E-state index contributed by atoms with van der Waals surface area (Å²) in [5.74, 6) is 1.57. The van der Waals surface area contributed by atoms with Crippen molar-refractivity contribution < 1.29 is 19.0 Å². The quantitative estimate of drug-likeness (QED) is 0.675. The van der Waals surface area contributed by atoms with Gasteiger partial charge in [-0.15, -0.1) is 0 Å². The smallest absolute Gasteiger partial charge is 0.251 e. The SMILES string of the molecule is CCCN1CCC(NC(=O)c2cc(OCC)c(OCC)c(OCC)c2)CC1. The predicted molar refractivity (Wildman–Crippen MR) is 107 cm³/mol. The fourth-order valence-corrected chi connectivity index (χ4v) is 3.41. The molecule has 1 fully saturated rings. The number of carbonyl (C=O) groups is 1. The molecule has 0 bridgehead atoms. The molecule has 0 aromatic heterocycles. The number of nitrogens with one attached hydrogen (secondary N) is 1. The minimum Gasteiger partial charge on any atom is -0.490 e. The van der Waals surface area contributed by atoms with Crippen molar-refractivity contribution in [3.63, 3.8) is 0 Å². The van der Waals surface area contributed by atoms with Gasteiger partial charge in [0.2, 0.25) is 5.75 Å². The Bertz CT molecular complexity index is 571. The van der Waals surface area contributed by atoms with Crippen LogP contribution in [0.4, 0.5) is 0 Å². The highest BCUT2D eigenvalue weighted by Crippen LogP contribution is 2.39. The first-order valence-electron chi connectivity index (χ1n) is 10.2. The van der Waals surface area contributed by atoms with Crippen LogP contribution in [0.25, 0.3) is 0 Å². The number of likely N-dealkylation sites (tertiary alicyclic amines) is 1. The lowest BCUT2D eigenvalue weighted by Gasteiger charge is -2.32. The van der Waals surface area contributed by atoms with Gasteiger partial charge in [0.25, 0.3) is 5.91 Å². The molecule has 1 aliphatic heterocycles. The van der Waals surface area contributed by atoms with Crippen molar-refractivity contribution in [2.24, 2.45) is 0 Å². The van der Waals surface area contributed by atoms with E-state index in [-0.39, 0.29) is 11.9 Å². The summed E-state index contributed by atoms with van der Waals surface area (Å²) in [4.78, 5) is 15.3. The molecule has 2 rings (SSSR count). The summed E-state index contributed by atoms with van der Waals surface area (Å²) in [6, 6.07) is 3.71. The van der Waals surface area contributed by atoms with Crippen LogP contribution in [0.15, 0.2) is 12.1 Å². The molecule has 0 atom stereocenters. The molecule has 1 saturated heterocycles. The molecule has 1 N–H and O–H groups in total. The number of rotatable bonds is 10. The Kier molecular flexibility index (Phi) is 8.72. The molecule has 152 valence electrons. The lowest BCUT2D eigenvalue weighted by molar-refractivity contribution is 0.0910. The molecule has 6 heteroatoms. The van der Waals surface area contributed by atoms with Gasteiger partial charge in [0.1, 0.15) is 0 Å². The summed E-state index contributed by atoms with van der Waals surface area (Å²) in [6.07, 6.45) is 3.14. The monoisotopic (exact) mass is 378 g/mol. The number of hydrogen-bond acceptors (Lipinski definition) is 5. The fourth-order valence-electron chi connectivity index (χ4n) is 3.41. The van der Waals surface area contributed by atoms with Gasteiger partial charge in [-0.2, -0.15) is 0 Å². The van der Waals surface area contributed by atoms with Crippen molar-refractivity contribution in [1.82, 2.24) is 10.2 Å². The predicted octanol–water partition coefficient (Wildman–Crippen LogP) is 3.49. The number of ether oxygens (including phenoxy) is 3. The zero-order valence-electron chi connectivity index (χ0n) is 17.2. The Morgan fingerprint density at radius 2 is 1.56 bits per heavy atom. The molecule has 1 aromatic carbocycles. The second-order valence-corrected chi connectivity index (χ2v) is 6.69. The molecule has 6 nitrogen and oxygen atoms in total. The van der Waals surface area contributed by atoms with E-state index in [0.717, 1.165) is 32.5 Å². The number of nitrogens with zero attached hydrogens (tertiary/aromatic N) is 1. The summed E-state index contributed by atoms with van der Waals surface area (Å²) in [5.41, 5.74) is 0.543. The molecule has 1 amide bonds. The summed E-state index contributed by atoms with van der Waals surface area (Å²) < 4.78 is 17.1. The minimum atomic E-state index is -0.0890. The van der Waals surface area contributed by atoms with Crippen LogP contribution in [-0.2, 0) is 0 Å². The van der Waals surface area contributed by atoms with Gasteiger partial charge in [0.05, 0.1) is 19.8 Å². The Morgan fingerprint density at radius 1 is 1.00 bits per heavy atom. The van der Waals surface area contributed by atoms with Gasteiger partial charge in [-0.25, -0.2) is 0 Å². The number of benzene rings is 1. The second kappa shape index (κ2) is 11.0.